The van der Waals surface area contributed by atoms with Gasteiger partial charge < -0.3 is 15.0 Å². The average Bonchev–Trinajstić information content (AvgIpc) is 3.51. The van der Waals surface area contributed by atoms with Gasteiger partial charge in [-0.2, -0.15) is 0 Å². The molecular formula is C34H41Cl2N3O5S. The van der Waals surface area contributed by atoms with Crippen LogP contribution in [0.5, 0.6) is 5.75 Å². The van der Waals surface area contributed by atoms with Gasteiger partial charge in [0.15, 0.2) is 0 Å². The second-order valence-corrected chi connectivity index (χ2v) is 14.0. The molecule has 0 radical (unpaired) electrons. The molecule has 242 valence electrons. The van der Waals surface area contributed by atoms with Crippen LogP contribution in [-0.2, 0) is 32.6 Å². The van der Waals surface area contributed by atoms with Gasteiger partial charge in [-0.15, -0.1) is 0 Å². The Morgan fingerprint density at radius 1 is 1.00 bits per heavy atom. The molecule has 0 spiro atoms. The van der Waals surface area contributed by atoms with Gasteiger partial charge in [0.05, 0.1) is 18.6 Å². The second kappa shape index (κ2) is 16.3. The first-order chi connectivity index (χ1) is 21.6. The Morgan fingerprint density at radius 2 is 1.69 bits per heavy atom. The minimum Gasteiger partial charge on any atom is -0.492 e. The van der Waals surface area contributed by atoms with Crippen molar-refractivity contribution in [3.05, 3.63) is 94.0 Å². The molecular weight excluding hydrogens is 633 g/mol. The molecule has 8 nitrogen and oxygen atoms in total. The average molecular weight is 675 g/mol. The highest BCUT2D eigenvalue weighted by Gasteiger charge is 2.33. The number of carbonyl (C=O) groups is 2. The van der Waals surface area contributed by atoms with E-state index in [1.165, 1.54) is 4.31 Å². The highest BCUT2D eigenvalue weighted by molar-refractivity contribution is 7.92. The molecule has 1 atom stereocenters. The van der Waals surface area contributed by atoms with Crippen LogP contribution in [-0.4, -0.2) is 56.6 Å². The Hall–Kier alpha value is -3.27. The van der Waals surface area contributed by atoms with Crippen LogP contribution < -0.4 is 14.4 Å². The van der Waals surface area contributed by atoms with Gasteiger partial charge in [-0.05, 0) is 61.6 Å². The van der Waals surface area contributed by atoms with Gasteiger partial charge >= 0.3 is 0 Å². The molecule has 1 fully saturated rings. The zero-order chi connectivity index (χ0) is 32.4. The third-order valence-corrected chi connectivity index (χ3v) is 9.68. The molecule has 0 bridgehead atoms. The molecule has 3 aromatic rings. The number of halogens is 2. The van der Waals surface area contributed by atoms with Gasteiger partial charge in [-0.1, -0.05) is 84.6 Å². The molecule has 0 aliphatic heterocycles. The zero-order valence-electron chi connectivity index (χ0n) is 25.8. The normalized spacial score (nSPS) is 14.1. The summed E-state index contributed by atoms with van der Waals surface area (Å²) in [4.78, 5) is 29.6. The minimum absolute atomic E-state index is 0.00995. The minimum atomic E-state index is -3.68. The van der Waals surface area contributed by atoms with Crippen molar-refractivity contribution in [1.29, 1.82) is 0 Å². The fraction of sp³-hybridized carbons (Fsp3) is 0.412. The highest BCUT2D eigenvalue weighted by atomic mass is 35.5. The van der Waals surface area contributed by atoms with Crippen molar-refractivity contribution < 1.29 is 22.7 Å². The van der Waals surface area contributed by atoms with Gasteiger partial charge in [-0.25, -0.2) is 8.42 Å². The number of hydrogen-bond acceptors (Lipinski definition) is 5. The fourth-order valence-electron chi connectivity index (χ4n) is 5.68. The summed E-state index contributed by atoms with van der Waals surface area (Å²) in [5.74, 6) is -0.0510. The lowest BCUT2D eigenvalue weighted by Crippen LogP contribution is -2.52. The molecule has 0 heterocycles. The lowest BCUT2D eigenvalue weighted by molar-refractivity contribution is -0.141. The summed E-state index contributed by atoms with van der Waals surface area (Å²) in [5, 5.41) is 4.05. The molecule has 3 aromatic carbocycles. The zero-order valence-corrected chi connectivity index (χ0v) is 28.1. The summed E-state index contributed by atoms with van der Waals surface area (Å²) in [5.41, 5.74) is 1.99. The predicted octanol–water partition coefficient (Wildman–Crippen LogP) is 6.64. The van der Waals surface area contributed by atoms with Gasteiger partial charge in [-0.3, -0.25) is 13.9 Å². The van der Waals surface area contributed by atoms with E-state index in [0.717, 1.165) is 37.5 Å². The van der Waals surface area contributed by atoms with Crippen LogP contribution in [0, 0.1) is 0 Å². The first-order valence-corrected chi connectivity index (χ1v) is 17.9. The van der Waals surface area contributed by atoms with Crippen LogP contribution >= 0.6 is 23.2 Å². The predicted molar refractivity (Wildman–Crippen MR) is 180 cm³/mol. The second-order valence-electron chi connectivity index (χ2n) is 11.3. The molecule has 0 saturated heterocycles. The molecule has 0 unspecified atom stereocenters. The molecule has 2 amide bonds. The van der Waals surface area contributed by atoms with Crippen molar-refractivity contribution in [2.45, 2.75) is 70.5 Å². The lowest BCUT2D eigenvalue weighted by Gasteiger charge is -2.33. The van der Waals surface area contributed by atoms with Crippen LogP contribution in [0.1, 0.15) is 56.6 Å². The van der Waals surface area contributed by atoms with Crippen LogP contribution in [0.3, 0.4) is 0 Å². The Labute approximate surface area is 276 Å². The highest BCUT2D eigenvalue weighted by Crippen LogP contribution is 2.31. The van der Waals surface area contributed by atoms with Crippen molar-refractivity contribution in [3.63, 3.8) is 0 Å². The van der Waals surface area contributed by atoms with E-state index in [2.05, 4.69) is 5.32 Å². The first kappa shape index (κ1) is 34.6. The van der Waals surface area contributed by atoms with Gasteiger partial charge in [0, 0.05) is 42.0 Å². The molecule has 45 heavy (non-hydrogen) atoms. The largest absolute Gasteiger partial charge is 0.492 e. The van der Waals surface area contributed by atoms with Crippen molar-refractivity contribution in [3.8, 4) is 5.75 Å². The van der Waals surface area contributed by atoms with Crippen molar-refractivity contribution in [2.24, 2.45) is 0 Å². The number of rotatable bonds is 15. The number of hydrogen-bond donors (Lipinski definition) is 1. The van der Waals surface area contributed by atoms with E-state index in [9.17, 15) is 18.0 Å². The van der Waals surface area contributed by atoms with E-state index in [4.69, 9.17) is 27.9 Å². The monoisotopic (exact) mass is 673 g/mol. The third-order valence-electron chi connectivity index (χ3n) is 7.91. The number of nitrogens with zero attached hydrogens (tertiary/aromatic N) is 2. The fourth-order valence-corrected chi connectivity index (χ4v) is 7.12. The van der Waals surface area contributed by atoms with E-state index in [0.29, 0.717) is 40.1 Å². The number of sulfonamides is 1. The third kappa shape index (κ3) is 9.86. The summed E-state index contributed by atoms with van der Waals surface area (Å²) in [6.45, 7) is 2.35. The first-order valence-electron chi connectivity index (χ1n) is 15.3. The smallest absolute Gasteiger partial charge is 0.243 e. The van der Waals surface area contributed by atoms with Gasteiger partial charge in [0.25, 0.3) is 0 Å². The van der Waals surface area contributed by atoms with Crippen molar-refractivity contribution in [2.75, 3.05) is 23.7 Å². The summed E-state index contributed by atoms with van der Waals surface area (Å²) in [6, 6.07) is 20.9. The quantitative estimate of drug-likeness (QED) is 0.195. The van der Waals surface area contributed by atoms with E-state index < -0.39 is 16.1 Å². The molecule has 1 aliphatic carbocycles. The van der Waals surface area contributed by atoms with Crippen molar-refractivity contribution in [1.82, 2.24) is 10.2 Å². The summed E-state index contributed by atoms with van der Waals surface area (Å²) >= 11 is 12.7. The van der Waals surface area contributed by atoms with Crippen LogP contribution in [0.15, 0.2) is 72.8 Å². The molecule has 1 N–H and O–H groups in total. The molecule has 11 heteroatoms. The number of amides is 2. The van der Waals surface area contributed by atoms with E-state index in [-0.39, 0.29) is 43.8 Å². The lowest BCUT2D eigenvalue weighted by atomic mass is 10.0. The maximum atomic E-state index is 14.1. The number of ether oxygens (including phenoxy) is 1. The van der Waals surface area contributed by atoms with Crippen molar-refractivity contribution >= 4 is 50.7 Å². The number of para-hydroxylation sites is 2. The standard InChI is InChI=1S/C34H41Cl2N3O5S/c1-3-44-32-17-10-9-16-30(32)39(45(2,42)43)21-11-18-33(40)38(24-26-19-20-27(35)23-29(26)36)31(22-25-12-5-4-6-13-25)34(41)37-28-14-7-8-15-28/h4-6,9-10,12-13,16-17,19-20,23,28,31H,3,7-8,11,14-15,18,21-22,24H2,1-2H3,(H,37,41)/t31-/m0/s1. The van der Waals surface area contributed by atoms with Gasteiger partial charge in [0.2, 0.25) is 21.8 Å². The van der Waals surface area contributed by atoms with Crippen LogP contribution in [0.25, 0.3) is 0 Å². The van der Waals surface area contributed by atoms with Gasteiger partial charge in [0.1, 0.15) is 11.8 Å². The topological polar surface area (TPSA) is 96.0 Å². The van der Waals surface area contributed by atoms with E-state index >= 15 is 0 Å². The molecule has 1 aliphatic rings. The Kier molecular flexibility index (Phi) is 12.6. The number of carbonyl (C=O) groups excluding carboxylic acids is 2. The van der Waals surface area contributed by atoms with Crippen LogP contribution in [0.4, 0.5) is 5.69 Å². The Bertz CT molecular complexity index is 1550. The summed E-state index contributed by atoms with van der Waals surface area (Å²) in [7, 11) is -3.68. The summed E-state index contributed by atoms with van der Waals surface area (Å²) in [6.07, 6.45) is 5.61. The maximum absolute atomic E-state index is 14.1. The maximum Gasteiger partial charge on any atom is 0.243 e. The van der Waals surface area contributed by atoms with E-state index in [1.54, 1.807) is 47.4 Å². The molecule has 4 rings (SSSR count). The number of benzene rings is 3. The Morgan fingerprint density at radius 3 is 2.36 bits per heavy atom. The number of anilines is 1. The number of nitrogens with one attached hydrogen (secondary N) is 1. The SMILES string of the molecule is CCOc1ccccc1N(CCCC(=O)N(Cc1ccc(Cl)cc1Cl)[C@@H](Cc1ccccc1)C(=O)NC1CCCC1)S(C)(=O)=O. The van der Waals surface area contributed by atoms with E-state index in [1.807, 2.05) is 37.3 Å². The van der Waals surface area contributed by atoms with Crippen LogP contribution in [0.2, 0.25) is 10.0 Å². The molecule has 0 aromatic heterocycles. The molecule has 1 saturated carbocycles. The summed E-state index contributed by atoms with van der Waals surface area (Å²) < 4.78 is 32.7. The Balaban J connectivity index is 1.62.